The molecule has 1 aliphatic rings. The second-order valence-corrected chi connectivity index (χ2v) is 7.94. The number of carbonyl (C=O) groups excluding carboxylic acids is 1. The van der Waals surface area contributed by atoms with Crippen molar-refractivity contribution >= 4 is 29.8 Å². The van der Waals surface area contributed by atoms with Crippen molar-refractivity contribution in [3.63, 3.8) is 0 Å². The number of allylic oxidation sites excluding steroid dienone is 4. The van der Waals surface area contributed by atoms with Gasteiger partial charge in [-0.3, -0.25) is 0 Å². The Morgan fingerprint density at radius 1 is 1.40 bits per heavy atom. The van der Waals surface area contributed by atoms with E-state index in [4.69, 9.17) is 4.74 Å². The van der Waals surface area contributed by atoms with Crippen LogP contribution in [0.15, 0.2) is 40.4 Å². The third kappa shape index (κ3) is 8.79. The number of carbonyl (C=O) groups is 1. The minimum absolute atomic E-state index is 0.301. The van der Waals surface area contributed by atoms with E-state index in [1.54, 1.807) is 11.8 Å². The molecule has 0 aliphatic carbocycles. The molecule has 1 aliphatic heterocycles. The first-order chi connectivity index (χ1) is 11.7. The molecule has 0 saturated heterocycles. The van der Waals surface area contributed by atoms with Crippen LogP contribution in [0.5, 0.6) is 0 Å². The van der Waals surface area contributed by atoms with Crippen molar-refractivity contribution in [2.45, 2.75) is 65.4 Å². The Morgan fingerprint density at radius 3 is 2.72 bits per heavy atom. The molecule has 136 valence electrons. The van der Waals surface area contributed by atoms with Gasteiger partial charge >= 0.3 is 18.1 Å². The zero-order valence-electron chi connectivity index (χ0n) is 16.1. The predicted octanol–water partition coefficient (Wildman–Crippen LogP) is 4.78. The molecule has 0 bridgehead atoms. The summed E-state index contributed by atoms with van der Waals surface area (Å²) in [5, 5.41) is 0. The Hall–Kier alpha value is -1.73. The summed E-state index contributed by atoms with van der Waals surface area (Å²) >= 11 is 1.65. The van der Waals surface area contributed by atoms with Gasteiger partial charge in [0.15, 0.2) is 0 Å². The van der Waals surface area contributed by atoms with Crippen LogP contribution >= 0.6 is 11.8 Å². The first-order valence-electron chi connectivity index (χ1n) is 8.74. The van der Waals surface area contributed by atoms with E-state index in [9.17, 15) is 4.79 Å². The van der Waals surface area contributed by atoms with E-state index in [1.807, 2.05) is 33.2 Å². The van der Waals surface area contributed by atoms with E-state index in [1.165, 1.54) is 11.1 Å². The van der Waals surface area contributed by atoms with E-state index in [0.717, 1.165) is 30.6 Å². The third-order valence-corrected chi connectivity index (χ3v) is 4.16. The van der Waals surface area contributed by atoms with Crippen LogP contribution in [0, 0.1) is 0 Å². The van der Waals surface area contributed by atoms with Crippen LogP contribution in [0.3, 0.4) is 0 Å². The number of hydrogen-bond donors (Lipinski definition) is 0. The molecule has 0 unspecified atom stereocenters. The summed E-state index contributed by atoms with van der Waals surface area (Å²) in [5.41, 5.74) is 2.63. The van der Waals surface area contributed by atoms with Crippen LogP contribution < -0.4 is 4.67 Å². The number of rotatable bonds is 9. The summed E-state index contributed by atoms with van der Waals surface area (Å²) in [6, 6.07) is 0. The van der Waals surface area contributed by atoms with Crippen molar-refractivity contribution < 1.29 is 9.53 Å². The van der Waals surface area contributed by atoms with Crippen LogP contribution in [0.25, 0.3) is 0 Å². The van der Waals surface area contributed by atoms with Crippen LogP contribution in [-0.4, -0.2) is 29.9 Å². The smallest absolute Gasteiger partial charge is 0.333 e. The fourth-order valence-corrected chi connectivity index (χ4v) is 2.78. The van der Waals surface area contributed by atoms with Crippen LogP contribution in [-0.2, 0) is 9.53 Å². The molecule has 4 heteroatoms. The van der Waals surface area contributed by atoms with Gasteiger partial charge in [0.05, 0.1) is 0 Å². The molecule has 0 radical (unpaired) electrons. The quantitative estimate of drug-likeness (QED) is 0.257. The second kappa shape index (κ2) is 10.3. The number of thioether (sulfide) groups is 1. The molecular formula is C21H30NO2S+. The number of hydrogen-bond acceptors (Lipinski definition) is 3. The highest BCUT2D eigenvalue weighted by Gasteiger charge is 2.18. The van der Waals surface area contributed by atoms with E-state index in [2.05, 4.69) is 36.2 Å². The fourth-order valence-electron chi connectivity index (χ4n) is 2.37. The lowest BCUT2D eigenvalue weighted by atomic mass is 9.99. The van der Waals surface area contributed by atoms with Crippen molar-refractivity contribution in [3.8, 4) is 0 Å². The third-order valence-electron chi connectivity index (χ3n) is 3.51. The number of ether oxygens (including phenoxy) is 1. The minimum Gasteiger partial charge on any atom is -0.457 e. The molecule has 0 amide bonds. The van der Waals surface area contributed by atoms with E-state index < -0.39 is 5.60 Å². The topological polar surface area (TPSA) is 40.4 Å². The van der Waals surface area contributed by atoms with Crippen molar-refractivity contribution in [3.05, 3.63) is 40.4 Å². The lowest BCUT2D eigenvalue weighted by Crippen LogP contribution is -2.24. The number of nitrogens with zero attached hydrogens (tertiary/aromatic N) is 1. The SMILES string of the molecule is C=C(CC/C=C(\CCC)CC1=CC(SC)=C=[N+]=C1)C(=O)OC(C)(C)C. The lowest BCUT2D eigenvalue weighted by Gasteiger charge is -2.20. The summed E-state index contributed by atoms with van der Waals surface area (Å²) < 4.78 is 9.54. The molecule has 0 aromatic rings. The number of esters is 1. The maximum Gasteiger partial charge on any atom is 0.333 e. The maximum absolute atomic E-state index is 12.0. The molecule has 0 aromatic carbocycles. The molecule has 25 heavy (non-hydrogen) atoms. The molecule has 1 heterocycles. The average molecular weight is 361 g/mol. The summed E-state index contributed by atoms with van der Waals surface area (Å²) in [7, 11) is 0. The highest BCUT2D eigenvalue weighted by Crippen LogP contribution is 2.21. The highest BCUT2D eigenvalue weighted by atomic mass is 32.2. The zero-order chi connectivity index (χ0) is 18.9. The second-order valence-electron chi connectivity index (χ2n) is 7.09. The van der Waals surface area contributed by atoms with Gasteiger partial charge in [-0.1, -0.05) is 31.6 Å². The van der Waals surface area contributed by atoms with Crippen LogP contribution in [0.4, 0.5) is 0 Å². The molecule has 0 fully saturated rings. The predicted molar refractivity (Wildman–Crippen MR) is 110 cm³/mol. The largest absolute Gasteiger partial charge is 0.457 e. The van der Waals surface area contributed by atoms with Crippen molar-refractivity contribution in [2.75, 3.05) is 6.26 Å². The Morgan fingerprint density at radius 2 is 2.12 bits per heavy atom. The van der Waals surface area contributed by atoms with E-state index in [0.29, 0.717) is 12.0 Å². The van der Waals surface area contributed by atoms with E-state index in [-0.39, 0.29) is 5.97 Å². The summed E-state index contributed by atoms with van der Waals surface area (Å²) in [6.45, 7) is 11.6. The molecule has 0 atom stereocenters. The van der Waals surface area contributed by atoms with Gasteiger partial charge < -0.3 is 4.74 Å². The Labute approximate surface area is 156 Å². The van der Waals surface area contributed by atoms with E-state index >= 15 is 0 Å². The van der Waals surface area contributed by atoms with Crippen molar-refractivity contribution in [2.24, 2.45) is 0 Å². The highest BCUT2D eigenvalue weighted by molar-refractivity contribution is 8.02. The molecule has 0 saturated carbocycles. The minimum atomic E-state index is -0.477. The molecule has 0 N–H and O–H groups in total. The van der Waals surface area contributed by atoms with Gasteiger partial charge in [-0.15, -0.1) is 11.8 Å². The van der Waals surface area contributed by atoms with Crippen molar-refractivity contribution in [1.82, 2.24) is 4.67 Å². The van der Waals surface area contributed by atoms with Gasteiger partial charge in [0.1, 0.15) is 10.5 Å². The summed E-state index contributed by atoms with van der Waals surface area (Å²) in [5.74, 6) is 2.68. The molecule has 1 rings (SSSR count). The van der Waals surface area contributed by atoms with Gasteiger partial charge in [-0.2, -0.15) is 0 Å². The Kier molecular flexibility index (Phi) is 8.78. The monoisotopic (exact) mass is 360 g/mol. The first-order valence-corrected chi connectivity index (χ1v) is 9.97. The van der Waals surface area contributed by atoms with Crippen LogP contribution in [0.1, 0.15) is 59.8 Å². The standard InChI is InChI=1S/C21H30NO2S/c1-7-9-17(12-18-13-19(25-6)15-22-14-18)11-8-10-16(2)20(23)24-21(3,4)5/h11,13-14H,2,7-10,12H2,1,3-6H3/q+1/b17-11+. The zero-order valence-corrected chi connectivity index (χ0v) is 17.0. The van der Waals surface area contributed by atoms with Gasteiger partial charge in [0.25, 0.3) is 0 Å². The fraction of sp³-hybridized carbons (Fsp3) is 0.524. The van der Waals surface area contributed by atoms with Gasteiger partial charge in [0.2, 0.25) is 0 Å². The summed E-state index contributed by atoms with van der Waals surface area (Å²) in [6.07, 6.45) is 12.7. The molecule has 0 aromatic heterocycles. The normalized spacial score (nSPS) is 14.2. The Balaban J connectivity index is 2.61. The molecule has 0 spiro atoms. The van der Waals surface area contributed by atoms with Gasteiger partial charge in [-0.05, 0) is 57.0 Å². The first kappa shape index (κ1) is 21.3. The molecule has 3 nitrogen and oxygen atoms in total. The average Bonchev–Trinajstić information content (AvgIpc) is 2.53. The molecular weight excluding hydrogens is 330 g/mol. The Bertz CT molecular complexity index is 664. The van der Waals surface area contributed by atoms with Gasteiger partial charge in [0, 0.05) is 17.6 Å². The lowest BCUT2D eigenvalue weighted by molar-refractivity contribution is -0.150. The van der Waals surface area contributed by atoms with Crippen molar-refractivity contribution in [1.29, 1.82) is 0 Å². The van der Waals surface area contributed by atoms with Gasteiger partial charge in [-0.25, -0.2) is 4.79 Å². The maximum atomic E-state index is 12.0. The summed E-state index contributed by atoms with van der Waals surface area (Å²) in [4.78, 5) is 13.0. The van der Waals surface area contributed by atoms with Crippen LogP contribution in [0.2, 0.25) is 0 Å².